The zero-order valence-corrected chi connectivity index (χ0v) is 16.1. The van der Waals surface area contributed by atoms with Gasteiger partial charge in [-0.3, -0.25) is 15.5 Å². The third-order valence-corrected chi connectivity index (χ3v) is 5.00. The summed E-state index contributed by atoms with van der Waals surface area (Å²) in [6.45, 7) is 0.614. The molecule has 1 saturated heterocycles. The third kappa shape index (κ3) is 3.38. The molecule has 0 atom stereocenters. The van der Waals surface area contributed by atoms with E-state index in [4.69, 9.17) is 10.1 Å². The molecule has 2 N–H and O–H groups in total. The zero-order chi connectivity index (χ0) is 20.5. The molecule has 0 bridgehead atoms. The van der Waals surface area contributed by atoms with Crippen LogP contribution >= 0.6 is 0 Å². The van der Waals surface area contributed by atoms with E-state index in [0.717, 1.165) is 22.0 Å². The monoisotopic (exact) mass is 388 g/mol. The number of carbonyl (C=O) groups is 2. The Bertz CT molecular complexity index is 1160. The van der Waals surface area contributed by atoms with Crippen molar-refractivity contribution in [3.8, 4) is 0 Å². The summed E-state index contributed by atoms with van der Waals surface area (Å²) in [7, 11) is 3.05. The summed E-state index contributed by atoms with van der Waals surface area (Å²) in [5.74, 6) is -0.579. The van der Waals surface area contributed by atoms with Gasteiger partial charge in [0.15, 0.2) is 0 Å². The summed E-state index contributed by atoms with van der Waals surface area (Å²) in [5.41, 5.74) is 3.92. The molecule has 1 fully saturated rings. The number of esters is 1. The van der Waals surface area contributed by atoms with Crippen LogP contribution in [0.3, 0.4) is 0 Å². The van der Waals surface area contributed by atoms with E-state index in [1.807, 2.05) is 42.6 Å². The number of guanidine groups is 1. The van der Waals surface area contributed by atoms with Gasteiger partial charge in [0.1, 0.15) is 5.70 Å². The number of benzene rings is 2. The van der Waals surface area contributed by atoms with Crippen molar-refractivity contribution in [1.29, 1.82) is 5.41 Å². The highest BCUT2D eigenvalue weighted by atomic mass is 16.5. The molecule has 2 aromatic carbocycles. The Hall–Kier alpha value is -3.87. The Kier molecular flexibility index (Phi) is 4.64. The fourth-order valence-corrected chi connectivity index (χ4v) is 3.42. The molecule has 7 heteroatoms. The molecule has 1 aromatic heterocycles. The third-order valence-electron chi connectivity index (χ3n) is 5.00. The SMILES string of the molecule is COC(=O)c1ccc(Cn2cc(/C=C3/C(=O)NC(=N)N3C)c3ccccc32)cc1. The lowest BCUT2D eigenvalue weighted by Gasteiger charge is -2.08. The van der Waals surface area contributed by atoms with Crippen molar-refractivity contribution in [2.75, 3.05) is 14.2 Å². The number of para-hydroxylation sites is 1. The highest BCUT2D eigenvalue weighted by molar-refractivity contribution is 6.15. The van der Waals surface area contributed by atoms with Gasteiger partial charge in [-0.1, -0.05) is 30.3 Å². The molecular formula is C22H20N4O3. The van der Waals surface area contributed by atoms with Crippen LogP contribution in [0.15, 0.2) is 60.4 Å². The highest BCUT2D eigenvalue weighted by Gasteiger charge is 2.27. The highest BCUT2D eigenvalue weighted by Crippen LogP contribution is 2.26. The number of fused-ring (bicyclic) bond motifs is 1. The topological polar surface area (TPSA) is 87.4 Å². The van der Waals surface area contributed by atoms with Gasteiger partial charge in [0.05, 0.1) is 12.7 Å². The number of carbonyl (C=O) groups excluding carboxylic acids is 2. The van der Waals surface area contributed by atoms with Crippen LogP contribution < -0.4 is 5.32 Å². The number of methoxy groups -OCH3 is 1. The van der Waals surface area contributed by atoms with E-state index < -0.39 is 0 Å². The molecule has 0 spiro atoms. The lowest BCUT2D eigenvalue weighted by molar-refractivity contribution is -0.115. The maximum Gasteiger partial charge on any atom is 0.337 e. The van der Waals surface area contributed by atoms with Gasteiger partial charge in [0.2, 0.25) is 5.96 Å². The van der Waals surface area contributed by atoms with Gasteiger partial charge in [-0.2, -0.15) is 0 Å². The summed E-state index contributed by atoms with van der Waals surface area (Å²) >= 11 is 0. The van der Waals surface area contributed by atoms with E-state index in [0.29, 0.717) is 17.8 Å². The number of ether oxygens (including phenoxy) is 1. The number of hydrogen-bond donors (Lipinski definition) is 2. The zero-order valence-electron chi connectivity index (χ0n) is 16.1. The van der Waals surface area contributed by atoms with Crippen LogP contribution in [0.25, 0.3) is 17.0 Å². The van der Waals surface area contributed by atoms with Crippen LogP contribution in [0, 0.1) is 5.41 Å². The van der Waals surface area contributed by atoms with Crippen LogP contribution in [0.4, 0.5) is 0 Å². The van der Waals surface area contributed by atoms with Crippen LogP contribution in [0.2, 0.25) is 0 Å². The summed E-state index contributed by atoms with van der Waals surface area (Å²) in [5, 5.41) is 11.3. The van der Waals surface area contributed by atoms with Crippen molar-refractivity contribution >= 4 is 34.8 Å². The minimum atomic E-state index is -0.360. The average Bonchev–Trinajstić information content (AvgIpc) is 3.20. The van der Waals surface area contributed by atoms with E-state index in [1.165, 1.54) is 12.0 Å². The Morgan fingerprint density at radius 1 is 1.17 bits per heavy atom. The molecule has 7 nitrogen and oxygen atoms in total. The average molecular weight is 388 g/mol. The van der Waals surface area contributed by atoms with Gasteiger partial charge in [0, 0.05) is 36.3 Å². The van der Waals surface area contributed by atoms with E-state index in [9.17, 15) is 9.59 Å². The Balaban J connectivity index is 1.71. The summed E-state index contributed by atoms with van der Waals surface area (Å²) < 4.78 is 6.85. The van der Waals surface area contributed by atoms with Crippen molar-refractivity contribution < 1.29 is 14.3 Å². The minimum absolute atomic E-state index is 0.0654. The Morgan fingerprint density at radius 2 is 1.90 bits per heavy atom. The lowest BCUT2D eigenvalue weighted by Crippen LogP contribution is -2.25. The predicted molar refractivity (Wildman–Crippen MR) is 110 cm³/mol. The van der Waals surface area contributed by atoms with Crippen molar-refractivity contribution in [2.45, 2.75) is 6.54 Å². The molecule has 29 heavy (non-hydrogen) atoms. The first kappa shape index (κ1) is 18.5. The van der Waals surface area contributed by atoms with Crippen molar-refractivity contribution in [3.63, 3.8) is 0 Å². The standard InChI is InChI=1S/C22H20N4O3/c1-25-19(20(27)24-22(25)23)11-16-13-26(18-6-4-3-5-17(16)18)12-14-7-9-15(10-8-14)21(28)29-2/h3-11,13H,12H2,1-2H3,(H2,23,24,27)/b19-11-. The molecule has 1 aliphatic rings. The van der Waals surface area contributed by atoms with E-state index in [-0.39, 0.29) is 17.8 Å². The van der Waals surface area contributed by atoms with Crippen molar-refractivity contribution in [2.24, 2.45) is 0 Å². The summed E-state index contributed by atoms with van der Waals surface area (Å²) in [6, 6.07) is 15.3. The first-order valence-electron chi connectivity index (χ1n) is 9.08. The molecule has 0 aliphatic carbocycles. The number of rotatable bonds is 4. The summed E-state index contributed by atoms with van der Waals surface area (Å²) in [4.78, 5) is 25.3. The molecule has 4 rings (SSSR count). The second-order valence-corrected chi connectivity index (χ2v) is 6.81. The predicted octanol–water partition coefficient (Wildman–Crippen LogP) is 2.81. The quantitative estimate of drug-likeness (QED) is 0.531. The second kappa shape index (κ2) is 7.27. The molecule has 1 amide bonds. The maximum atomic E-state index is 12.1. The number of likely N-dealkylation sites (N-methyl/N-ethyl adjacent to an activating group) is 1. The summed E-state index contributed by atoms with van der Waals surface area (Å²) in [6.07, 6.45) is 3.80. The molecule has 146 valence electrons. The van der Waals surface area contributed by atoms with Gasteiger partial charge in [-0.15, -0.1) is 0 Å². The molecule has 0 saturated carbocycles. The van der Waals surface area contributed by atoms with Crippen LogP contribution in [0.5, 0.6) is 0 Å². The smallest absolute Gasteiger partial charge is 0.337 e. The second-order valence-electron chi connectivity index (χ2n) is 6.81. The van der Waals surface area contributed by atoms with Gasteiger partial charge in [-0.25, -0.2) is 4.79 Å². The Morgan fingerprint density at radius 3 is 2.55 bits per heavy atom. The minimum Gasteiger partial charge on any atom is -0.465 e. The first-order chi connectivity index (χ1) is 14.0. The van der Waals surface area contributed by atoms with Gasteiger partial charge in [0.25, 0.3) is 5.91 Å². The molecule has 0 radical (unpaired) electrons. The molecule has 0 unspecified atom stereocenters. The molecule has 3 aromatic rings. The van der Waals surface area contributed by atoms with Gasteiger partial charge >= 0.3 is 5.97 Å². The first-order valence-corrected chi connectivity index (χ1v) is 9.08. The number of amides is 1. The van der Waals surface area contributed by atoms with Crippen LogP contribution in [0.1, 0.15) is 21.5 Å². The lowest BCUT2D eigenvalue weighted by atomic mass is 10.1. The number of hydrogen-bond acceptors (Lipinski definition) is 4. The molecule has 2 heterocycles. The van der Waals surface area contributed by atoms with Crippen LogP contribution in [-0.4, -0.2) is 41.5 Å². The van der Waals surface area contributed by atoms with Crippen molar-refractivity contribution in [1.82, 2.24) is 14.8 Å². The van der Waals surface area contributed by atoms with E-state index in [1.54, 1.807) is 25.3 Å². The molecular weight excluding hydrogens is 368 g/mol. The fraction of sp³-hybridized carbons (Fsp3) is 0.136. The van der Waals surface area contributed by atoms with Gasteiger partial charge in [-0.05, 0) is 29.8 Å². The maximum absolute atomic E-state index is 12.1. The number of aromatic nitrogens is 1. The normalized spacial score (nSPS) is 15.2. The van der Waals surface area contributed by atoms with E-state index in [2.05, 4.69) is 9.88 Å². The number of nitrogens with one attached hydrogen (secondary N) is 2. The molecule has 1 aliphatic heterocycles. The Labute approximate surface area is 167 Å². The van der Waals surface area contributed by atoms with E-state index >= 15 is 0 Å². The van der Waals surface area contributed by atoms with Gasteiger partial charge < -0.3 is 14.2 Å². The van der Waals surface area contributed by atoms with Crippen molar-refractivity contribution in [3.05, 3.63) is 77.1 Å². The fourth-order valence-electron chi connectivity index (χ4n) is 3.42. The largest absolute Gasteiger partial charge is 0.465 e. The number of nitrogens with zero attached hydrogens (tertiary/aromatic N) is 2. The van der Waals surface area contributed by atoms with Crippen LogP contribution in [-0.2, 0) is 16.1 Å².